The van der Waals surface area contributed by atoms with Gasteiger partial charge in [0.15, 0.2) is 11.6 Å². The maximum Gasteiger partial charge on any atom is 0.240 e. The number of nitrogens with one attached hydrogen (secondary N) is 1. The van der Waals surface area contributed by atoms with Crippen molar-refractivity contribution >= 4 is 27.3 Å². The summed E-state index contributed by atoms with van der Waals surface area (Å²) < 4.78 is 52.4. The Morgan fingerprint density at radius 3 is 2.60 bits per heavy atom. The first-order valence-corrected chi connectivity index (χ1v) is 9.82. The highest BCUT2D eigenvalue weighted by Crippen LogP contribution is 2.23. The maximum atomic E-state index is 13.2. The van der Waals surface area contributed by atoms with Gasteiger partial charge in [-0.25, -0.2) is 21.9 Å². The van der Waals surface area contributed by atoms with Crippen LogP contribution in [0.25, 0.3) is 0 Å². The molecule has 0 aliphatic carbocycles. The third-order valence-corrected chi connectivity index (χ3v) is 6.26. The molecule has 1 unspecified atom stereocenters. The van der Waals surface area contributed by atoms with E-state index in [2.05, 4.69) is 4.72 Å². The van der Waals surface area contributed by atoms with E-state index in [1.165, 1.54) is 16.2 Å². The van der Waals surface area contributed by atoms with Crippen LogP contribution in [0.2, 0.25) is 0 Å². The molecule has 0 saturated carbocycles. The van der Waals surface area contributed by atoms with E-state index >= 15 is 0 Å². The molecule has 1 N–H and O–H groups in total. The number of halogens is 2. The van der Waals surface area contributed by atoms with Crippen LogP contribution in [0.4, 0.5) is 8.78 Å². The zero-order chi connectivity index (χ0) is 18.6. The van der Waals surface area contributed by atoms with Crippen molar-refractivity contribution in [1.29, 1.82) is 0 Å². The number of carbonyl (C=O) groups is 1. The second-order valence-electron chi connectivity index (χ2n) is 5.42. The van der Waals surface area contributed by atoms with E-state index in [-0.39, 0.29) is 29.8 Å². The van der Waals surface area contributed by atoms with Crippen LogP contribution in [0.5, 0.6) is 0 Å². The lowest BCUT2D eigenvalue weighted by atomic mass is 10.2. The van der Waals surface area contributed by atoms with Crippen molar-refractivity contribution in [3.8, 4) is 0 Å². The SMILES string of the molecule is CC(c1cccs1)N(C)C(=O)CCNS(=O)(=O)c1ccc(F)c(F)c1. The molecule has 1 aromatic carbocycles. The highest BCUT2D eigenvalue weighted by atomic mass is 32.2. The van der Waals surface area contributed by atoms with Gasteiger partial charge in [-0.3, -0.25) is 4.79 Å². The summed E-state index contributed by atoms with van der Waals surface area (Å²) in [6, 6.07) is 6.01. The van der Waals surface area contributed by atoms with Gasteiger partial charge in [0, 0.05) is 24.9 Å². The van der Waals surface area contributed by atoms with Crippen LogP contribution in [-0.2, 0) is 14.8 Å². The van der Waals surface area contributed by atoms with Gasteiger partial charge in [-0.1, -0.05) is 6.07 Å². The van der Waals surface area contributed by atoms with Crippen LogP contribution < -0.4 is 4.72 Å². The van der Waals surface area contributed by atoms with E-state index in [0.717, 1.165) is 17.0 Å². The summed E-state index contributed by atoms with van der Waals surface area (Å²) in [6.45, 7) is 1.75. The summed E-state index contributed by atoms with van der Waals surface area (Å²) in [5.41, 5.74) is 0. The van der Waals surface area contributed by atoms with Gasteiger partial charge in [-0.2, -0.15) is 0 Å². The number of sulfonamides is 1. The Balaban J connectivity index is 1.92. The van der Waals surface area contributed by atoms with Gasteiger partial charge in [0.05, 0.1) is 10.9 Å². The summed E-state index contributed by atoms with van der Waals surface area (Å²) >= 11 is 1.53. The molecule has 0 saturated heterocycles. The summed E-state index contributed by atoms with van der Waals surface area (Å²) in [7, 11) is -2.36. The molecule has 9 heteroatoms. The largest absolute Gasteiger partial charge is 0.338 e. The number of hydrogen-bond donors (Lipinski definition) is 1. The number of rotatable bonds is 7. The van der Waals surface area contributed by atoms with Gasteiger partial charge >= 0.3 is 0 Å². The van der Waals surface area contributed by atoms with Crippen LogP contribution >= 0.6 is 11.3 Å². The predicted molar refractivity (Wildman–Crippen MR) is 91.7 cm³/mol. The molecule has 0 fully saturated rings. The summed E-state index contributed by atoms with van der Waals surface area (Å²) in [5.74, 6) is -2.60. The minimum absolute atomic E-state index is 0.0465. The van der Waals surface area contributed by atoms with Crippen molar-refractivity contribution in [3.05, 3.63) is 52.2 Å². The molecular weight excluding hydrogens is 370 g/mol. The zero-order valence-electron chi connectivity index (χ0n) is 13.7. The van der Waals surface area contributed by atoms with Crippen molar-refractivity contribution < 1.29 is 22.0 Å². The van der Waals surface area contributed by atoms with Gasteiger partial charge in [-0.05, 0) is 36.6 Å². The first-order chi connectivity index (χ1) is 11.7. The van der Waals surface area contributed by atoms with E-state index in [4.69, 9.17) is 0 Å². The molecule has 2 rings (SSSR count). The van der Waals surface area contributed by atoms with E-state index in [1.54, 1.807) is 7.05 Å². The number of nitrogens with zero attached hydrogens (tertiary/aromatic N) is 1. The highest BCUT2D eigenvalue weighted by molar-refractivity contribution is 7.89. The average Bonchev–Trinajstić information content (AvgIpc) is 3.10. The molecule has 1 atom stereocenters. The van der Waals surface area contributed by atoms with Crippen molar-refractivity contribution in [2.45, 2.75) is 24.3 Å². The Bertz CT molecular complexity index is 839. The number of carbonyl (C=O) groups excluding carboxylic acids is 1. The molecule has 136 valence electrons. The number of benzene rings is 1. The van der Waals surface area contributed by atoms with Gasteiger partial charge in [0.2, 0.25) is 15.9 Å². The first-order valence-electron chi connectivity index (χ1n) is 7.46. The monoisotopic (exact) mass is 388 g/mol. The number of thiophene rings is 1. The van der Waals surface area contributed by atoms with Crippen LogP contribution in [0.3, 0.4) is 0 Å². The fraction of sp³-hybridized carbons (Fsp3) is 0.312. The Morgan fingerprint density at radius 2 is 2.00 bits per heavy atom. The Labute approximate surface area is 149 Å². The van der Waals surface area contributed by atoms with E-state index < -0.39 is 21.7 Å². The quantitative estimate of drug-likeness (QED) is 0.793. The lowest BCUT2D eigenvalue weighted by Crippen LogP contribution is -2.33. The molecule has 1 aromatic heterocycles. The second kappa shape index (κ2) is 8.03. The Morgan fingerprint density at radius 1 is 1.28 bits per heavy atom. The average molecular weight is 388 g/mol. The molecule has 25 heavy (non-hydrogen) atoms. The molecule has 1 amide bonds. The van der Waals surface area contributed by atoms with Crippen molar-refractivity contribution in [2.75, 3.05) is 13.6 Å². The fourth-order valence-corrected chi connectivity index (χ4v) is 4.00. The summed E-state index contributed by atoms with van der Waals surface area (Å²) in [6.07, 6.45) is -0.0465. The molecule has 0 radical (unpaired) electrons. The minimum atomic E-state index is -4.01. The molecule has 0 aliphatic heterocycles. The Hall–Kier alpha value is -1.84. The van der Waals surface area contributed by atoms with Crippen molar-refractivity contribution in [3.63, 3.8) is 0 Å². The molecule has 0 spiro atoms. The molecule has 2 aromatic rings. The van der Waals surface area contributed by atoms with Gasteiger partial charge in [0.1, 0.15) is 0 Å². The number of amides is 1. The lowest BCUT2D eigenvalue weighted by molar-refractivity contribution is -0.131. The first kappa shape index (κ1) is 19.5. The van der Waals surface area contributed by atoms with E-state index in [9.17, 15) is 22.0 Å². The van der Waals surface area contributed by atoms with Crippen LogP contribution in [0.15, 0.2) is 40.6 Å². The highest BCUT2D eigenvalue weighted by Gasteiger charge is 2.20. The van der Waals surface area contributed by atoms with Crippen LogP contribution in [-0.4, -0.2) is 32.8 Å². The normalized spacial score (nSPS) is 12.8. The second-order valence-corrected chi connectivity index (χ2v) is 8.17. The third-order valence-electron chi connectivity index (χ3n) is 3.76. The van der Waals surface area contributed by atoms with Crippen LogP contribution in [0, 0.1) is 11.6 Å². The van der Waals surface area contributed by atoms with Gasteiger partial charge in [-0.15, -0.1) is 11.3 Å². The van der Waals surface area contributed by atoms with E-state index in [0.29, 0.717) is 6.07 Å². The molecule has 0 aliphatic rings. The minimum Gasteiger partial charge on any atom is -0.338 e. The van der Waals surface area contributed by atoms with Crippen molar-refractivity contribution in [2.24, 2.45) is 0 Å². The fourth-order valence-electron chi connectivity index (χ4n) is 2.13. The maximum absolute atomic E-state index is 13.2. The molecule has 0 bridgehead atoms. The molecule has 5 nitrogen and oxygen atoms in total. The molecule has 1 heterocycles. The lowest BCUT2D eigenvalue weighted by Gasteiger charge is -2.24. The van der Waals surface area contributed by atoms with Gasteiger partial charge < -0.3 is 4.90 Å². The zero-order valence-corrected chi connectivity index (χ0v) is 15.3. The number of hydrogen-bond acceptors (Lipinski definition) is 4. The third kappa shape index (κ3) is 4.83. The van der Waals surface area contributed by atoms with E-state index in [1.807, 2.05) is 24.4 Å². The standard InChI is InChI=1S/C16H18F2N2O3S2/c1-11(15-4-3-9-24-15)20(2)16(21)7-8-19-25(22,23)12-5-6-13(17)14(18)10-12/h3-6,9-11,19H,7-8H2,1-2H3. The van der Waals surface area contributed by atoms with Crippen molar-refractivity contribution in [1.82, 2.24) is 9.62 Å². The topological polar surface area (TPSA) is 66.5 Å². The molecular formula is C16H18F2N2O3S2. The summed E-state index contributed by atoms with van der Waals surface area (Å²) in [4.78, 5) is 14.4. The van der Waals surface area contributed by atoms with Crippen LogP contribution in [0.1, 0.15) is 24.3 Å². The Kier molecular flexibility index (Phi) is 6.26. The smallest absolute Gasteiger partial charge is 0.240 e. The van der Waals surface area contributed by atoms with Gasteiger partial charge in [0.25, 0.3) is 0 Å². The predicted octanol–water partition coefficient (Wildman–Crippen LogP) is 2.91. The summed E-state index contributed by atoms with van der Waals surface area (Å²) in [5, 5.41) is 1.92.